The van der Waals surface area contributed by atoms with Crippen LogP contribution in [0.1, 0.15) is 25.7 Å². The lowest BCUT2D eigenvalue weighted by molar-refractivity contribution is 0.317. The molecule has 0 aromatic carbocycles. The van der Waals surface area contributed by atoms with E-state index in [2.05, 4.69) is 36.1 Å². The van der Waals surface area contributed by atoms with Gasteiger partial charge in [-0.05, 0) is 54.1 Å². The van der Waals surface area contributed by atoms with Crippen LogP contribution in [0, 0.1) is 5.92 Å². The number of anilines is 1. The first-order valence-electron chi connectivity index (χ1n) is 7.33. The van der Waals surface area contributed by atoms with Crippen LogP contribution in [-0.4, -0.2) is 42.8 Å². The molecule has 0 bridgehead atoms. The average Bonchev–Trinajstić information content (AvgIpc) is 3.02. The van der Waals surface area contributed by atoms with Crippen LogP contribution in [0.3, 0.4) is 0 Å². The van der Waals surface area contributed by atoms with E-state index in [4.69, 9.17) is 4.74 Å². The third-order valence-corrected chi connectivity index (χ3v) is 4.93. The Morgan fingerprint density at radius 3 is 2.80 bits per heavy atom. The van der Waals surface area contributed by atoms with Crippen molar-refractivity contribution in [1.29, 1.82) is 0 Å². The van der Waals surface area contributed by atoms with Gasteiger partial charge in [-0.15, -0.1) is 0 Å². The molecule has 0 saturated carbocycles. The Bertz CT molecular complexity index is 456. The van der Waals surface area contributed by atoms with Gasteiger partial charge >= 0.3 is 0 Å². The molecule has 0 aliphatic carbocycles. The minimum Gasteiger partial charge on any atom is -0.480 e. The van der Waals surface area contributed by atoms with Crippen LogP contribution in [0.25, 0.3) is 0 Å². The molecule has 2 fully saturated rings. The standard InChI is InChI=1S/C14H21BrN4O/c1-20-13-11(15)9-17-14(18-13)19-7-4-10(5-8-19)12-3-2-6-16-12/h9-10,12,16H,2-8H2,1H3. The molecule has 1 N–H and O–H groups in total. The SMILES string of the molecule is COc1nc(N2CCC(C3CCCN3)CC2)ncc1Br. The predicted octanol–water partition coefficient (Wildman–Crippen LogP) is 2.22. The molecule has 2 aliphatic rings. The van der Waals surface area contributed by atoms with Crippen molar-refractivity contribution in [2.45, 2.75) is 31.7 Å². The molecular formula is C14H21BrN4O. The second-order valence-electron chi connectivity index (χ2n) is 5.55. The van der Waals surface area contributed by atoms with Gasteiger partial charge in [-0.25, -0.2) is 4.98 Å². The fourth-order valence-corrected chi connectivity index (χ4v) is 3.61. The van der Waals surface area contributed by atoms with Gasteiger partial charge in [-0.1, -0.05) is 0 Å². The summed E-state index contributed by atoms with van der Waals surface area (Å²) in [5, 5.41) is 3.63. The van der Waals surface area contributed by atoms with E-state index < -0.39 is 0 Å². The number of ether oxygens (including phenoxy) is 1. The molecule has 0 spiro atoms. The fourth-order valence-electron chi connectivity index (χ4n) is 3.25. The highest BCUT2D eigenvalue weighted by atomic mass is 79.9. The Morgan fingerprint density at radius 1 is 1.35 bits per heavy atom. The zero-order valence-electron chi connectivity index (χ0n) is 11.8. The lowest BCUT2D eigenvalue weighted by Crippen LogP contribution is -2.41. The van der Waals surface area contributed by atoms with Crippen molar-refractivity contribution in [3.8, 4) is 5.88 Å². The van der Waals surface area contributed by atoms with Crippen molar-refractivity contribution < 1.29 is 4.74 Å². The van der Waals surface area contributed by atoms with Gasteiger partial charge in [0.15, 0.2) is 0 Å². The molecule has 110 valence electrons. The first-order chi connectivity index (χ1) is 9.78. The smallest absolute Gasteiger partial charge is 0.232 e. The minimum absolute atomic E-state index is 0.606. The molecule has 3 heterocycles. The summed E-state index contributed by atoms with van der Waals surface area (Å²) in [4.78, 5) is 11.1. The van der Waals surface area contributed by atoms with E-state index in [0.29, 0.717) is 5.88 Å². The van der Waals surface area contributed by atoms with E-state index >= 15 is 0 Å². The van der Waals surface area contributed by atoms with E-state index in [1.165, 1.54) is 32.2 Å². The van der Waals surface area contributed by atoms with Gasteiger partial charge < -0.3 is 15.0 Å². The predicted molar refractivity (Wildman–Crippen MR) is 82.2 cm³/mol. The van der Waals surface area contributed by atoms with Gasteiger partial charge in [0, 0.05) is 19.1 Å². The topological polar surface area (TPSA) is 50.3 Å². The van der Waals surface area contributed by atoms with Gasteiger partial charge in [0.05, 0.1) is 17.8 Å². The van der Waals surface area contributed by atoms with E-state index in [0.717, 1.165) is 35.5 Å². The number of rotatable bonds is 3. The molecular weight excluding hydrogens is 320 g/mol. The van der Waals surface area contributed by atoms with Crippen LogP contribution in [0.15, 0.2) is 10.7 Å². The van der Waals surface area contributed by atoms with Gasteiger partial charge in [-0.2, -0.15) is 4.98 Å². The van der Waals surface area contributed by atoms with Crippen molar-refractivity contribution >= 4 is 21.9 Å². The van der Waals surface area contributed by atoms with Crippen molar-refractivity contribution in [1.82, 2.24) is 15.3 Å². The molecule has 1 aromatic rings. The Balaban J connectivity index is 1.62. The maximum Gasteiger partial charge on any atom is 0.232 e. The summed E-state index contributed by atoms with van der Waals surface area (Å²) in [6.07, 6.45) is 6.88. The maximum absolute atomic E-state index is 5.24. The number of aromatic nitrogens is 2. The Labute approximate surface area is 128 Å². The number of hydrogen-bond acceptors (Lipinski definition) is 5. The molecule has 0 radical (unpaired) electrons. The summed E-state index contributed by atoms with van der Waals surface area (Å²) in [6, 6.07) is 0.734. The van der Waals surface area contributed by atoms with Crippen molar-refractivity contribution in [3.63, 3.8) is 0 Å². The first kappa shape index (κ1) is 14.1. The van der Waals surface area contributed by atoms with Gasteiger partial charge in [0.1, 0.15) is 0 Å². The van der Waals surface area contributed by atoms with Crippen LogP contribution in [0.2, 0.25) is 0 Å². The molecule has 5 nitrogen and oxygen atoms in total. The molecule has 1 unspecified atom stereocenters. The van der Waals surface area contributed by atoms with E-state index in [-0.39, 0.29) is 0 Å². The summed E-state index contributed by atoms with van der Waals surface area (Å²) < 4.78 is 6.04. The minimum atomic E-state index is 0.606. The molecule has 6 heteroatoms. The van der Waals surface area contributed by atoms with Crippen LogP contribution >= 0.6 is 15.9 Å². The molecule has 20 heavy (non-hydrogen) atoms. The van der Waals surface area contributed by atoms with Crippen molar-refractivity contribution in [3.05, 3.63) is 10.7 Å². The highest BCUT2D eigenvalue weighted by Crippen LogP contribution is 2.29. The Morgan fingerprint density at radius 2 is 2.15 bits per heavy atom. The zero-order valence-corrected chi connectivity index (χ0v) is 13.4. The second kappa shape index (κ2) is 6.26. The van der Waals surface area contributed by atoms with E-state index in [1.807, 2.05) is 0 Å². The summed E-state index contributed by atoms with van der Waals surface area (Å²) in [7, 11) is 1.63. The van der Waals surface area contributed by atoms with E-state index in [1.54, 1.807) is 13.3 Å². The highest BCUT2D eigenvalue weighted by Gasteiger charge is 2.29. The van der Waals surface area contributed by atoms with Gasteiger partial charge in [0.2, 0.25) is 11.8 Å². The number of nitrogens with zero attached hydrogens (tertiary/aromatic N) is 3. The van der Waals surface area contributed by atoms with Crippen LogP contribution in [-0.2, 0) is 0 Å². The zero-order chi connectivity index (χ0) is 13.9. The molecule has 2 saturated heterocycles. The van der Waals surface area contributed by atoms with Gasteiger partial charge in [0.25, 0.3) is 0 Å². The number of halogens is 1. The number of methoxy groups -OCH3 is 1. The summed E-state index contributed by atoms with van der Waals surface area (Å²) in [5.41, 5.74) is 0. The third kappa shape index (κ3) is 2.91. The maximum atomic E-state index is 5.24. The Kier molecular flexibility index (Phi) is 4.41. The van der Waals surface area contributed by atoms with Crippen LogP contribution in [0.4, 0.5) is 5.95 Å². The normalized spacial score (nSPS) is 24.1. The summed E-state index contributed by atoms with van der Waals surface area (Å²) in [5.74, 6) is 2.20. The third-order valence-electron chi connectivity index (χ3n) is 4.38. The molecule has 2 aliphatic heterocycles. The van der Waals surface area contributed by atoms with Crippen molar-refractivity contribution in [2.75, 3.05) is 31.6 Å². The van der Waals surface area contributed by atoms with Crippen LogP contribution in [0.5, 0.6) is 5.88 Å². The quantitative estimate of drug-likeness (QED) is 0.914. The Hall–Kier alpha value is -0.880. The average molecular weight is 341 g/mol. The monoisotopic (exact) mass is 340 g/mol. The van der Waals surface area contributed by atoms with Crippen molar-refractivity contribution in [2.24, 2.45) is 5.92 Å². The summed E-state index contributed by atoms with van der Waals surface area (Å²) in [6.45, 7) is 3.26. The largest absolute Gasteiger partial charge is 0.480 e. The lowest BCUT2D eigenvalue weighted by Gasteiger charge is -2.34. The molecule has 1 aromatic heterocycles. The first-order valence-corrected chi connectivity index (χ1v) is 8.12. The number of piperidine rings is 1. The van der Waals surface area contributed by atoms with E-state index in [9.17, 15) is 0 Å². The number of nitrogens with one attached hydrogen (secondary N) is 1. The second-order valence-corrected chi connectivity index (χ2v) is 6.41. The van der Waals surface area contributed by atoms with Crippen LogP contribution < -0.4 is 15.0 Å². The molecule has 0 amide bonds. The number of hydrogen-bond donors (Lipinski definition) is 1. The highest BCUT2D eigenvalue weighted by molar-refractivity contribution is 9.10. The summed E-state index contributed by atoms with van der Waals surface area (Å²) >= 11 is 3.39. The molecule has 3 rings (SSSR count). The van der Waals surface area contributed by atoms with Gasteiger partial charge in [-0.3, -0.25) is 0 Å². The molecule has 1 atom stereocenters. The fraction of sp³-hybridized carbons (Fsp3) is 0.714. The lowest BCUT2D eigenvalue weighted by atomic mass is 9.89.